The van der Waals surface area contributed by atoms with E-state index in [0.29, 0.717) is 81.4 Å². The molecule has 1 aromatic rings. The maximum absolute atomic E-state index is 12.4. The summed E-state index contributed by atoms with van der Waals surface area (Å²) in [6.45, 7) is 19.5. The SMILES string of the molecule is CCCCC(CCCC)CCOC(=O)CCCCCCCN(CCCCCC(O)OCCC(OCCC(CCCC)CCCC)OCCC(CCCC)CCCC)CCCNc1c(NC)c(=O)c1=O. The Morgan fingerprint density at radius 2 is 0.899 bits per heavy atom. The molecule has 0 aliphatic heterocycles. The van der Waals surface area contributed by atoms with E-state index in [-0.39, 0.29) is 12.3 Å². The second kappa shape index (κ2) is 45.8. The van der Waals surface area contributed by atoms with E-state index in [1.54, 1.807) is 7.05 Å². The van der Waals surface area contributed by atoms with Crippen molar-refractivity contribution >= 4 is 17.3 Å². The highest BCUT2D eigenvalue weighted by Gasteiger charge is 2.20. The number of hydrogen-bond acceptors (Lipinski definition) is 11. The molecular weight excluding hydrogens is 867 g/mol. The molecule has 1 rings (SSSR count). The average Bonchev–Trinajstić information content (AvgIpc) is 3.35. The van der Waals surface area contributed by atoms with Gasteiger partial charge in [-0.05, 0) is 95.2 Å². The minimum Gasteiger partial charge on any atom is -0.466 e. The summed E-state index contributed by atoms with van der Waals surface area (Å²) < 4.78 is 24.4. The minimum atomic E-state index is -0.800. The van der Waals surface area contributed by atoms with Crippen molar-refractivity contribution in [3.05, 3.63) is 20.4 Å². The predicted molar refractivity (Wildman–Crippen MR) is 291 cm³/mol. The summed E-state index contributed by atoms with van der Waals surface area (Å²) >= 11 is 0. The van der Waals surface area contributed by atoms with Gasteiger partial charge in [-0.25, -0.2) is 0 Å². The summed E-state index contributed by atoms with van der Waals surface area (Å²) in [7, 11) is 1.67. The van der Waals surface area contributed by atoms with E-state index in [2.05, 4.69) is 57.1 Å². The number of nitrogens with one attached hydrogen (secondary N) is 2. The molecular formula is C58H111N3O8. The minimum absolute atomic E-state index is 0.0500. The summed E-state index contributed by atoms with van der Waals surface area (Å²) in [6.07, 6.45) is 35.4. The summed E-state index contributed by atoms with van der Waals surface area (Å²) in [6, 6.07) is 0. The summed E-state index contributed by atoms with van der Waals surface area (Å²) in [5.74, 6) is 2.04. The number of carbonyl (C=O) groups is 1. The molecule has 0 heterocycles. The van der Waals surface area contributed by atoms with E-state index < -0.39 is 17.1 Å². The Hall–Kier alpha value is -2.05. The van der Waals surface area contributed by atoms with Crippen LogP contribution in [-0.4, -0.2) is 88.2 Å². The van der Waals surface area contributed by atoms with Crippen molar-refractivity contribution in [1.29, 1.82) is 0 Å². The predicted octanol–water partition coefficient (Wildman–Crippen LogP) is 14.1. The third kappa shape index (κ3) is 34.1. The van der Waals surface area contributed by atoms with Gasteiger partial charge in [0.25, 0.3) is 10.9 Å². The maximum atomic E-state index is 12.4. The fourth-order valence-electron chi connectivity index (χ4n) is 9.61. The lowest BCUT2D eigenvalue weighted by atomic mass is 9.93. The molecule has 0 bridgehead atoms. The standard InChI is InChI=1S/C58H111N3O8/c1-8-14-29-49(30-15-9-2)37-45-66-52(62)35-24-21-20-22-26-42-61(44-28-41-60-56-55(59-7)57(64)58(56)65)43-27-23-25-36-53(63)67-48-40-54(68-46-38-50(31-16-10-3)32-17-11-4)69-47-39-51(33-18-12-5)34-19-13-6/h49-51,53-54,59-60,63H,8-48H2,1-7H3. The van der Waals surface area contributed by atoms with Crippen molar-refractivity contribution in [3.63, 3.8) is 0 Å². The summed E-state index contributed by atoms with van der Waals surface area (Å²) in [5.41, 5.74) is -0.110. The lowest BCUT2D eigenvalue weighted by Crippen LogP contribution is -2.37. The van der Waals surface area contributed by atoms with Crippen LogP contribution >= 0.6 is 0 Å². The number of nitrogens with zero attached hydrogens (tertiary/aromatic N) is 1. The molecule has 1 unspecified atom stereocenters. The third-order valence-corrected chi connectivity index (χ3v) is 14.3. The molecule has 1 atom stereocenters. The number of carbonyl (C=O) groups excluding carboxylic acids is 1. The topological polar surface area (TPSA) is 136 Å². The molecule has 69 heavy (non-hydrogen) atoms. The number of anilines is 2. The number of unbranched alkanes of at least 4 members (excludes halogenated alkanes) is 12. The van der Waals surface area contributed by atoms with E-state index in [1.165, 1.54) is 116 Å². The normalized spacial score (nSPS) is 12.5. The van der Waals surface area contributed by atoms with Crippen molar-refractivity contribution in [1.82, 2.24) is 4.90 Å². The summed E-state index contributed by atoms with van der Waals surface area (Å²) in [5, 5.41) is 16.8. The summed E-state index contributed by atoms with van der Waals surface area (Å²) in [4.78, 5) is 38.8. The molecule has 0 fully saturated rings. The molecule has 0 aromatic heterocycles. The van der Waals surface area contributed by atoms with Crippen molar-refractivity contribution in [3.8, 4) is 0 Å². The van der Waals surface area contributed by atoms with E-state index in [9.17, 15) is 19.5 Å². The van der Waals surface area contributed by atoms with Crippen LogP contribution in [0.25, 0.3) is 0 Å². The second-order valence-electron chi connectivity index (χ2n) is 20.5. The van der Waals surface area contributed by atoms with Gasteiger partial charge in [0.05, 0.1) is 13.2 Å². The van der Waals surface area contributed by atoms with Crippen molar-refractivity contribution in [2.75, 3.05) is 70.3 Å². The lowest BCUT2D eigenvalue weighted by Gasteiger charge is -2.23. The highest BCUT2D eigenvalue weighted by Crippen LogP contribution is 2.24. The maximum Gasteiger partial charge on any atom is 0.305 e. The Balaban J connectivity index is 2.57. The van der Waals surface area contributed by atoms with Crippen LogP contribution in [0.5, 0.6) is 0 Å². The monoisotopic (exact) mass is 978 g/mol. The molecule has 0 amide bonds. The number of esters is 1. The van der Waals surface area contributed by atoms with Crippen LogP contribution in [0.3, 0.4) is 0 Å². The Bertz CT molecular complexity index is 1320. The first kappa shape index (κ1) is 65.0. The first-order valence-electron chi connectivity index (χ1n) is 29.3. The molecule has 0 radical (unpaired) electrons. The van der Waals surface area contributed by atoms with Crippen LogP contribution in [0.4, 0.5) is 11.4 Å². The van der Waals surface area contributed by atoms with Crippen molar-refractivity contribution in [2.24, 2.45) is 17.8 Å². The first-order valence-corrected chi connectivity index (χ1v) is 29.3. The van der Waals surface area contributed by atoms with Gasteiger partial charge in [-0.2, -0.15) is 0 Å². The smallest absolute Gasteiger partial charge is 0.305 e. The van der Waals surface area contributed by atoms with Crippen LogP contribution in [0, 0.1) is 17.8 Å². The van der Waals surface area contributed by atoms with Gasteiger partial charge in [0.15, 0.2) is 12.6 Å². The van der Waals surface area contributed by atoms with E-state index >= 15 is 0 Å². The van der Waals surface area contributed by atoms with Crippen molar-refractivity contribution in [2.45, 2.75) is 266 Å². The highest BCUT2D eigenvalue weighted by atomic mass is 16.7. The number of rotatable bonds is 53. The Labute approximate surface area is 424 Å². The van der Waals surface area contributed by atoms with Crippen LogP contribution in [0.1, 0.15) is 253 Å². The zero-order valence-electron chi connectivity index (χ0n) is 46.1. The zero-order valence-corrected chi connectivity index (χ0v) is 46.1. The van der Waals surface area contributed by atoms with E-state index in [0.717, 1.165) is 96.7 Å². The molecule has 0 aliphatic carbocycles. The Morgan fingerprint density at radius 1 is 0.478 bits per heavy atom. The van der Waals surface area contributed by atoms with Gasteiger partial charge >= 0.3 is 5.97 Å². The Morgan fingerprint density at radius 3 is 1.39 bits per heavy atom. The molecule has 3 N–H and O–H groups in total. The molecule has 11 heteroatoms. The fraction of sp³-hybridized carbons (Fsp3) is 0.914. The van der Waals surface area contributed by atoms with Gasteiger partial charge in [0.2, 0.25) is 0 Å². The molecule has 1 aromatic carbocycles. The van der Waals surface area contributed by atoms with Crippen molar-refractivity contribution < 1.29 is 28.8 Å². The van der Waals surface area contributed by atoms with Gasteiger partial charge in [-0.1, -0.05) is 183 Å². The Kier molecular flexibility index (Phi) is 43.1. The van der Waals surface area contributed by atoms with Crippen LogP contribution < -0.4 is 21.5 Å². The van der Waals surface area contributed by atoms with Gasteiger partial charge in [0, 0.05) is 39.6 Å². The van der Waals surface area contributed by atoms with Crippen LogP contribution in [0.15, 0.2) is 9.59 Å². The molecule has 11 nitrogen and oxygen atoms in total. The van der Waals surface area contributed by atoms with E-state index in [1.807, 2.05) is 0 Å². The molecule has 0 saturated heterocycles. The zero-order chi connectivity index (χ0) is 50.6. The number of aliphatic hydroxyl groups is 1. The quantitative estimate of drug-likeness (QED) is 0.0249. The van der Waals surface area contributed by atoms with E-state index in [4.69, 9.17) is 18.9 Å². The number of hydrogen-bond donors (Lipinski definition) is 3. The number of ether oxygens (including phenoxy) is 4. The van der Waals surface area contributed by atoms with Gasteiger partial charge in [-0.3, -0.25) is 14.4 Å². The van der Waals surface area contributed by atoms with Gasteiger partial charge in [-0.15, -0.1) is 0 Å². The second-order valence-corrected chi connectivity index (χ2v) is 20.5. The average molecular weight is 979 g/mol. The molecule has 0 aliphatic rings. The molecule has 406 valence electrons. The largest absolute Gasteiger partial charge is 0.466 e. The molecule has 0 saturated carbocycles. The first-order chi connectivity index (χ1) is 33.7. The third-order valence-electron chi connectivity index (χ3n) is 14.3. The fourth-order valence-corrected chi connectivity index (χ4v) is 9.61. The van der Waals surface area contributed by atoms with Crippen LogP contribution in [-0.2, 0) is 23.7 Å². The highest BCUT2D eigenvalue weighted by molar-refractivity contribution is 5.73. The van der Waals surface area contributed by atoms with Crippen LogP contribution in [0.2, 0.25) is 0 Å². The lowest BCUT2D eigenvalue weighted by molar-refractivity contribution is -0.172. The van der Waals surface area contributed by atoms with Gasteiger partial charge in [0.1, 0.15) is 11.4 Å². The van der Waals surface area contributed by atoms with Gasteiger partial charge < -0.3 is 39.6 Å². The molecule has 0 spiro atoms. The number of aliphatic hydroxyl groups excluding tert-OH is 1.